The van der Waals surface area contributed by atoms with E-state index in [1.54, 1.807) is 0 Å². The maximum absolute atomic E-state index is 6.64. The maximum Gasteiger partial charge on any atom is 0.00699 e. The Kier molecular flexibility index (Phi) is 4.52. The molecule has 0 radical (unpaired) electrons. The van der Waals surface area contributed by atoms with Crippen LogP contribution in [0.3, 0.4) is 0 Å². The molecule has 0 aromatic rings. The summed E-state index contributed by atoms with van der Waals surface area (Å²) in [5, 5.41) is 0. The third-order valence-corrected chi connectivity index (χ3v) is 7.99. The molecule has 0 spiro atoms. The molecule has 2 nitrogen and oxygen atoms in total. The van der Waals surface area contributed by atoms with Gasteiger partial charge in [-0.1, -0.05) is 0 Å². The summed E-state index contributed by atoms with van der Waals surface area (Å²) in [4.78, 5) is 0. The van der Waals surface area contributed by atoms with Gasteiger partial charge >= 0.3 is 0 Å². The third kappa shape index (κ3) is 3.11. The first-order chi connectivity index (χ1) is 10.7. The molecule has 0 saturated heterocycles. The molecule has 0 bridgehead atoms. The van der Waals surface area contributed by atoms with Crippen molar-refractivity contribution >= 4 is 0 Å². The summed E-state index contributed by atoms with van der Waals surface area (Å²) < 4.78 is 0. The molecule has 0 heterocycles. The molecule has 5 unspecified atom stereocenters. The van der Waals surface area contributed by atoms with Gasteiger partial charge in [-0.3, -0.25) is 0 Å². The molecular formula is C20H36N2. The number of hydrogen-bond acceptors (Lipinski definition) is 2. The number of hydrogen-bond donors (Lipinski definition) is 2. The number of rotatable bonds is 3. The van der Waals surface area contributed by atoms with Crippen molar-refractivity contribution in [1.82, 2.24) is 0 Å². The van der Waals surface area contributed by atoms with Crippen LogP contribution in [0.1, 0.15) is 77.0 Å². The highest BCUT2D eigenvalue weighted by Gasteiger charge is 2.40. The Balaban J connectivity index is 1.31. The van der Waals surface area contributed by atoms with Crippen molar-refractivity contribution < 1.29 is 0 Å². The molecular weight excluding hydrogens is 268 g/mol. The molecule has 4 N–H and O–H groups in total. The normalized spacial score (nSPS) is 50.2. The van der Waals surface area contributed by atoms with Crippen LogP contribution in [0, 0.1) is 35.5 Å². The number of nitrogens with two attached hydrogens (primary N) is 2. The average Bonchev–Trinajstić information content (AvgIpc) is 3.36. The van der Waals surface area contributed by atoms with Gasteiger partial charge in [-0.2, -0.15) is 0 Å². The van der Waals surface area contributed by atoms with Crippen LogP contribution in [0.2, 0.25) is 0 Å². The first-order valence-corrected chi connectivity index (χ1v) is 10.2. The van der Waals surface area contributed by atoms with Crippen molar-refractivity contribution in [2.24, 2.45) is 47.0 Å². The summed E-state index contributed by atoms with van der Waals surface area (Å²) in [6, 6.07) is 0.982. The van der Waals surface area contributed by atoms with Crippen LogP contribution < -0.4 is 11.5 Å². The molecule has 4 aliphatic rings. The Morgan fingerprint density at radius 2 is 0.682 bits per heavy atom. The fraction of sp³-hybridized carbons (Fsp3) is 1.00. The predicted octanol–water partition coefficient (Wildman–Crippen LogP) is 4.07. The summed E-state index contributed by atoms with van der Waals surface area (Å²) in [6.07, 6.45) is 17.1. The van der Waals surface area contributed by atoms with Crippen molar-refractivity contribution in [2.75, 3.05) is 0 Å². The van der Waals surface area contributed by atoms with Crippen molar-refractivity contribution in [3.63, 3.8) is 0 Å². The van der Waals surface area contributed by atoms with Crippen LogP contribution in [-0.2, 0) is 0 Å². The maximum atomic E-state index is 6.64. The molecule has 4 fully saturated rings. The average molecular weight is 305 g/mol. The second-order valence-electron chi connectivity index (χ2n) is 9.16. The van der Waals surface area contributed by atoms with Gasteiger partial charge in [0.1, 0.15) is 0 Å². The van der Waals surface area contributed by atoms with E-state index in [4.69, 9.17) is 11.5 Å². The van der Waals surface area contributed by atoms with E-state index in [-0.39, 0.29) is 0 Å². The standard InChI is InChI=1S/C20H36N2/c21-19-11-8-16(18-10-12-20(18)22)7-9-17(19)15-5-3-14(4-6-15)13-1-2-13/h13-20H,1-12,21-22H2. The lowest BCUT2D eigenvalue weighted by molar-refractivity contribution is 0.143. The lowest BCUT2D eigenvalue weighted by Crippen LogP contribution is -2.43. The van der Waals surface area contributed by atoms with E-state index in [0.29, 0.717) is 12.1 Å². The van der Waals surface area contributed by atoms with Gasteiger partial charge in [0.15, 0.2) is 0 Å². The Bertz CT molecular complexity index is 370. The summed E-state index contributed by atoms with van der Waals surface area (Å²) >= 11 is 0. The Morgan fingerprint density at radius 3 is 1.14 bits per heavy atom. The predicted molar refractivity (Wildman–Crippen MR) is 92.3 cm³/mol. The first-order valence-electron chi connectivity index (χ1n) is 10.2. The van der Waals surface area contributed by atoms with E-state index in [0.717, 1.165) is 35.5 Å². The van der Waals surface area contributed by atoms with Gasteiger partial charge in [0.05, 0.1) is 0 Å². The zero-order chi connectivity index (χ0) is 15.1. The molecule has 4 aliphatic carbocycles. The van der Waals surface area contributed by atoms with Crippen molar-refractivity contribution in [3.8, 4) is 0 Å². The van der Waals surface area contributed by atoms with Gasteiger partial charge in [-0.25, -0.2) is 0 Å². The van der Waals surface area contributed by atoms with Crippen LogP contribution in [-0.4, -0.2) is 12.1 Å². The van der Waals surface area contributed by atoms with Crippen molar-refractivity contribution in [1.29, 1.82) is 0 Å². The molecule has 0 aromatic heterocycles. The molecule has 0 aliphatic heterocycles. The lowest BCUT2D eigenvalue weighted by atomic mass is 9.69. The Morgan fingerprint density at radius 1 is 0.364 bits per heavy atom. The smallest absolute Gasteiger partial charge is 0.00699 e. The lowest BCUT2D eigenvalue weighted by Gasteiger charge is -2.39. The molecule has 5 atom stereocenters. The molecule has 0 aromatic carbocycles. The fourth-order valence-corrected chi connectivity index (χ4v) is 6.15. The largest absolute Gasteiger partial charge is 0.327 e. The van der Waals surface area contributed by atoms with E-state index >= 15 is 0 Å². The Labute approximate surface area is 136 Å². The highest BCUT2D eigenvalue weighted by atomic mass is 14.7. The van der Waals surface area contributed by atoms with Crippen LogP contribution in [0.5, 0.6) is 0 Å². The minimum atomic E-state index is 0.476. The summed E-state index contributed by atoms with van der Waals surface area (Å²) in [5.41, 5.74) is 12.9. The molecule has 0 amide bonds. The molecule has 4 saturated carbocycles. The van der Waals surface area contributed by atoms with E-state index in [9.17, 15) is 0 Å². The van der Waals surface area contributed by atoms with Crippen LogP contribution in [0.4, 0.5) is 0 Å². The van der Waals surface area contributed by atoms with Gasteiger partial charge in [-0.15, -0.1) is 0 Å². The van der Waals surface area contributed by atoms with Gasteiger partial charge in [0.2, 0.25) is 0 Å². The van der Waals surface area contributed by atoms with Gasteiger partial charge in [0, 0.05) is 12.1 Å². The summed E-state index contributed by atoms with van der Waals surface area (Å²) in [5.74, 6) is 5.69. The topological polar surface area (TPSA) is 52.0 Å². The van der Waals surface area contributed by atoms with Crippen LogP contribution in [0.25, 0.3) is 0 Å². The summed E-state index contributed by atoms with van der Waals surface area (Å²) in [6.45, 7) is 0. The van der Waals surface area contributed by atoms with Crippen LogP contribution in [0.15, 0.2) is 0 Å². The van der Waals surface area contributed by atoms with E-state index in [2.05, 4.69) is 0 Å². The van der Waals surface area contributed by atoms with Crippen molar-refractivity contribution in [2.45, 2.75) is 89.1 Å². The second kappa shape index (κ2) is 6.43. The van der Waals surface area contributed by atoms with Crippen LogP contribution >= 0.6 is 0 Å². The van der Waals surface area contributed by atoms with Crippen molar-refractivity contribution in [3.05, 3.63) is 0 Å². The fourth-order valence-electron chi connectivity index (χ4n) is 6.15. The third-order valence-electron chi connectivity index (χ3n) is 7.99. The minimum Gasteiger partial charge on any atom is -0.327 e. The van der Waals surface area contributed by atoms with Gasteiger partial charge in [-0.05, 0) is 113 Å². The molecule has 4 rings (SSSR count). The zero-order valence-electron chi connectivity index (χ0n) is 14.3. The second-order valence-corrected chi connectivity index (χ2v) is 9.16. The highest BCUT2D eigenvalue weighted by Crippen LogP contribution is 2.48. The van der Waals surface area contributed by atoms with E-state index in [1.807, 2.05) is 0 Å². The van der Waals surface area contributed by atoms with E-state index in [1.165, 1.54) is 77.0 Å². The molecule has 2 heteroatoms. The SMILES string of the molecule is NC1CCC1C1CCC(N)C(C2CCC(C3CC3)CC2)CC1. The monoisotopic (exact) mass is 304 g/mol. The minimum absolute atomic E-state index is 0.476. The Hall–Kier alpha value is -0.0800. The van der Waals surface area contributed by atoms with Gasteiger partial charge in [0.25, 0.3) is 0 Å². The van der Waals surface area contributed by atoms with E-state index < -0.39 is 0 Å². The summed E-state index contributed by atoms with van der Waals surface area (Å²) in [7, 11) is 0. The first kappa shape index (κ1) is 15.4. The zero-order valence-corrected chi connectivity index (χ0v) is 14.3. The quantitative estimate of drug-likeness (QED) is 0.772. The molecule has 126 valence electrons. The molecule has 22 heavy (non-hydrogen) atoms. The highest BCUT2D eigenvalue weighted by molar-refractivity contribution is 4.94. The van der Waals surface area contributed by atoms with Gasteiger partial charge < -0.3 is 11.5 Å².